The Bertz CT molecular complexity index is 332. The molecule has 0 aliphatic carbocycles. The SMILES string of the molecule is CCOCCc1noc(C2(C)CCNC2)n1. The highest BCUT2D eigenvalue weighted by Gasteiger charge is 2.35. The molecule has 0 saturated carbocycles. The van der Waals surface area contributed by atoms with Crippen molar-refractivity contribution in [3.8, 4) is 0 Å². The maximum atomic E-state index is 5.33. The van der Waals surface area contributed by atoms with E-state index < -0.39 is 0 Å². The van der Waals surface area contributed by atoms with Crippen molar-refractivity contribution in [2.45, 2.75) is 32.1 Å². The minimum atomic E-state index is 0.0108. The minimum Gasteiger partial charge on any atom is -0.381 e. The summed E-state index contributed by atoms with van der Waals surface area (Å²) in [6.07, 6.45) is 1.78. The lowest BCUT2D eigenvalue weighted by molar-refractivity contribution is 0.149. The van der Waals surface area contributed by atoms with Crippen molar-refractivity contribution in [2.75, 3.05) is 26.3 Å². The molecule has 1 fully saturated rings. The van der Waals surface area contributed by atoms with E-state index in [1.165, 1.54) is 0 Å². The van der Waals surface area contributed by atoms with Crippen LogP contribution in [-0.2, 0) is 16.6 Å². The third-order valence-electron chi connectivity index (χ3n) is 3.03. The lowest BCUT2D eigenvalue weighted by Gasteiger charge is -2.15. The predicted molar refractivity (Wildman–Crippen MR) is 59.3 cm³/mol. The molecule has 0 spiro atoms. The van der Waals surface area contributed by atoms with Gasteiger partial charge in [-0.25, -0.2) is 0 Å². The monoisotopic (exact) mass is 225 g/mol. The van der Waals surface area contributed by atoms with Gasteiger partial charge in [-0.15, -0.1) is 0 Å². The largest absolute Gasteiger partial charge is 0.381 e. The van der Waals surface area contributed by atoms with Crippen molar-refractivity contribution in [3.05, 3.63) is 11.7 Å². The summed E-state index contributed by atoms with van der Waals surface area (Å²) in [6, 6.07) is 0. The van der Waals surface area contributed by atoms with Crippen LogP contribution in [-0.4, -0.2) is 36.4 Å². The Balaban J connectivity index is 1.96. The van der Waals surface area contributed by atoms with Gasteiger partial charge in [0.1, 0.15) is 0 Å². The fourth-order valence-electron chi connectivity index (χ4n) is 1.91. The van der Waals surface area contributed by atoms with E-state index in [4.69, 9.17) is 9.26 Å². The average molecular weight is 225 g/mol. The van der Waals surface area contributed by atoms with E-state index in [0.717, 1.165) is 44.3 Å². The normalized spacial score (nSPS) is 25.1. The number of hydrogen-bond donors (Lipinski definition) is 1. The summed E-state index contributed by atoms with van der Waals surface area (Å²) in [4.78, 5) is 4.44. The molecule has 1 unspecified atom stereocenters. The van der Waals surface area contributed by atoms with Crippen molar-refractivity contribution in [1.29, 1.82) is 0 Å². The summed E-state index contributed by atoms with van der Waals surface area (Å²) in [5, 5.41) is 7.30. The molecule has 0 amide bonds. The van der Waals surface area contributed by atoms with Gasteiger partial charge < -0.3 is 14.6 Å². The smallest absolute Gasteiger partial charge is 0.233 e. The number of hydrogen-bond acceptors (Lipinski definition) is 5. The number of aromatic nitrogens is 2. The molecule has 1 N–H and O–H groups in total. The van der Waals surface area contributed by atoms with Crippen molar-refractivity contribution in [1.82, 2.24) is 15.5 Å². The molecular weight excluding hydrogens is 206 g/mol. The molecular formula is C11H19N3O2. The number of nitrogens with zero attached hydrogens (tertiary/aromatic N) is 2. The fourth-order valence-corrected chi connectivity index (χ4v) is 1.91. The van der Waals surface area contributed by atoms with E-state index >= 15 is 0 Å². The van der Waals surface area contributed by atoms with E-state index in [1.807, 2.05) is 6.92 Å². The first-order valence-electron chi connectivity index (χ1n) is 5.86. The van der Waals surface area contributed by atoms with E-state index in [2.05, 4.69) is 22.4 Å². The van der Waals surface area contributed by atoms with Crippen LogP contribution in [0.15, 0.2) is 4.52 Å². The molecule has 1 aliphatic heterocycles. The zero-order chi connectivity index (χ0) is 11.4. The molecule has 1 aliphatic rings. The lowest BCUT2D eigenvalue weighted by Crippen LogP contribution is -2.25. The standard InChI is InChI=1S/C11H19N3O2/c1-3-15-7-4-9-13-10(16-14-9)11(2)5-6-12-8-11/h12H,3-8H2,1-2H3. The van der Waals surface area contributed by atoms with Crippen LogP contribution in [0.5, 0.6) is 0 Å². The second kappa shape index (κ2) is 4.93. The van der Waals surface area contributed by atoms with Crippen LogP contribution < -0.4 is 5.32 Å². The summed E-state index contributed by atoms with van der Waals surface area (Å²) < 4.78 is 10.6. The van der Waals surface area contributed by atoms with Crippen LogP contribution in [0.25, 0.3) is 0 Å². The molecule has 5 heteroatoms. The highest BCUT2D eigenvalue weighted by molar-refractivity contribution is 5.07. The maximum absolute atomic E-state index is 5.33. The minimum absolute atomic E-state index is 0.0108. The quantitative estimate of drug-likeness (QED) is 0.754. The summed E-state index contributed by atoms with van der Waals surface area (Å²) in [6.45, 7) is 7.46. The second-order valence-electron chi connectivity index (χ2n) is 4.45. The summed E-state index contributed by atoms with van der Waals surface area (Å²) in [5.74, 6) is 1.50. The highest BCUT2D eigenvalue weighted by Crippen LogP contribution is 2.28. The number of nitrogens with one attached hydrogen (secondary N) is 1. The van der Waals surface area contributed by atoms with Gasteiger partial charge in [0.05, 0.1) is 12.0 Å². The summed E-state index contributed by atoms with van der Waals surface area (Å²) in [7, 11) is 0. The Morgan fingerprint density at radius 1 is 1.56 bits per heavy atom. The van der Waals surface area contributed by atoms with Crippen LogP contribution in [0.4, 0.5) is 0 Å². The van der Waals surface area contributed by atoms with Gasteiger partial charge in [0.25, 0.3) is 0 Å². The molecule has 1 aromatic rings. The van der Waals surface area contributed by atoms with E-state index in [-0.39, 0.29) is 5.41 Å². The molecule has 2 rings (SSSR count). The first kappa shape index (κ1) is 11.5. The molecule has 0 bridgehead atoms. The Kier molecular flexibility index (Phi) is 3.56. The average Bonchev–Trinajstić information content (AvgIpc) is 2.88. The Labute approximate surface area is 95.6 Å². The van der Waals surface area contributed by atoms with Crippen molar-refractivity contribution < 1.29 is 9.26 Å². The Morgan fingerprint density at radius 2 is 2.44 bits per heavy atom. The van der Waals surface area contributed by atoms with Crippen LogP contribution in [0.1, 0.15) is 32.0 Å². The van der Waals surface area contributed by atoms with Gasteiger partial charge in [-0.2, -0.15) is 4.98 Å². The molecule has 2 heterocycles. The second-order valence-corrected chi connectivity index (χ2v) is 4.45. The Morgan fingerprint density at radius 3 is 3.12 bits per heavy atom. The van der Waals surface area contributed by atoms with Crippen molar-refractivity contribution >= 4 is 0 Å². The van der Waals surface area contributed by atoms with Crippen LogP contribution in [0.2, 0.25) is 0 Å². The summed E-state index contributed by atoms with van der Waals surface area (Å²) >= 11 is 0. The topological polar surface area (TPSA) is 60.2 Å². The van der Waals surface area contributed by atoms with Gasteiger partial charge in [0, 0.05) is 19.6 Å². The Hall–Kier alpha value is -0.940. The zero-order valence-electron chi connectivity index (χ0n) is 9.95. The number of ether oxygens (including phenoxy) is 1. The fraction of sp³-hybridized carbons (Fsp3) is 0.818. The zero-order valence-corrected chi connectivity index (χ0v) is 9.95. The van der Waals surface area contributed by atoms with Gasteiger partial charge in [-0.1, -0.05) is 5.16 Å². The van der Waals surface area contributed by atoms with Crippen LogP contribution >= 0.6 is 0 Å². The van der Waals surface area contributed by atoms with Gasteiger partial charge in [-0.3, -0.25) is 0 Å². The third-order valence-corrected chi connectivity index (χ3v) is 3.03. The lowest BCUT2D eigenvalue weighted by atomic mass is 9.90. The molecule has 5 nitrogen and oxygen atoms in total. The van der Waals surface area contributed by atoms with Gasteiger partial charge in [0.15, 0.2) is 5.82 Å². The summed E-state index contributed by atoms with van der Waals surface area (Å²) in [5.41, 5.74) is 0.0108. The molecule has 1 atom stereocenters. The predicted octanol–water partition coefficient (Wildman–Crippen LogP) is 0.900. The van der Waals surface area contributed by atoms with E-state index in [1.54, 1.807) is 0 Å². The van der Waals surface area contributed by atoms with Crippen LogP contribution in [0.3, 0.4) is 0 Å². The van der Waals surface area contributed by atoms with Gasteiger partial charge >= 0.3 is 0 Å². The third kappa shape index (κ3) is 2.41. The molecule has 90 valence electrons. The van der Waals surface area contributed by atoms with E-state index in [0.29, 0.717) is 6.61 Å². The molecule has 1 aromatic heterocycles. The first-order chi connectivity index (χ1) is 7.74. The van der Waals surface area contributed by atoms with Crippen molar-refractivity contribution in [3.63, 3.8) is 0 Å². The molecule has 1 saturated heterocycles. The van der Waals surface area contributed by atoms with Crippen LogP contribution in [0, 0.1) is 0 Å². The maximum Gasteiger partial charge on any atom is 0.233 e. The van der Waals surface area contributed by atoms with Gasteiger partial charge in [-0.05, 0) is 26.8 Å². The highest BCUT2D eigenvalue weighted by atomic mass is 16.5. The van der Waals surface area contributed by atoms with Gasteiger partial charge in [0.2, 0.25) is 5.89 Å². The molecule has 16 heavy (non-hydrogen) atoms. The molecule has 0 radical (unpaired) electrons. The molecule has 0 aromatic carbocycles. The first-order valence-corrected chi connectivity index (χ1v) is 5.86. The number of rotatable bonds is 5. The van der Waals surface area contributed by atoms with Crippen molar-refractivity contribution in [2.24, 2.45) is 0 Å². The van der Waals surface area contributed by atoms with E-state index in [9.17, 15) is 0 Å².